The third kappa shape index (κ3) is 5.30. The van der Waals surface area contributed by atoms with Gasteiger partial charge in [0.1, 0.15) is 0 Å². The zero-order valence-corrected chi connectivity index (χ0v) is 18.8. The van der Waals surface area contributed by atoms with Crippen molar-refractivity contribution in [3.8, 4) is 0 Å². The molecule has 0 fully saturated rings. The first-order chi connectivity index (χ1) is 14.4. The van der Waals surface area contributed by atoms with Gasteiger partial charge in [-0.1, -0.05) is 54.2 Å². The zero-order chi connectivity index (χ0) is 21.7. The van der Waals surface area contributed by atoms with Crippen LogP contribution in [0.3, 0.4) is 0 Å². The monoisotopic (exact) mass is 423 g/mol. The predicted octanol–water partition coefficient (Wildman–Crippen LogP) is 4.60. The standard InChI is InChI=1S/C24H29N3O2S/c1-16(2)27-23(29)20-12-8-9-13-21(20)26-24(27)30-18(4)22(28)25-17(3)14-15-19-10-6-5-7-11-19/h5-13,16-18H,14-15H2,1-4H3,(H,25,28)/t17-,18+/m0/s1. The number of nitrogens with zero attached hydrogens (tertiary/aromatic N) is 2. The van der Waals surface area contributed by atoms with E-state index >= 15 is 0 Å². The molecule has 1 amide bonds. The van der Waals surface area contributed by atoms with Crippen LogP contribution < -0.4 is 10.9 Å². The topological polar surface area (TPSA) is 64.0 Å². The van der Waals surface area contributed by atoms with Gasteiger partial charge in [0.2, 0.25) is 5.91 Å². The lowest BCUT2D eigenvalue weighted by Crippen LogP contribution is -2.38. The van der Waals surface area contributed by atoms with Gasteiger partial charge in [0, 0.05) is 12.1 Å². The SMILES string of the molecule is CC(C)n1c(S[C@H](C)C(=O)N[C@@H](C)CCc2ccccc2)nc2ccccc2c1=O. The van der Waals surface area contributed by atoms with Crippen molar-refractivity contribution >= 4 is 28.6 Å². The second kappa shape index (κ2) is 9.94. The Labute approximate surface area is 181 Å². The van der Waals surface area contributed by atoms with Crippen LogP contribution in [0, 0.1) is 0 Å². The number of benzene rings is 2. The summed E-state index contributed by atoms with van der Waals surface area (Å²) in [6, 6.07) is 17.6. The maximum Gasteiger partial charge on any atom is 0.262 e. The van der Waals surface area contributed by atoms with Gasteiger partial charge in [-0.15, -0.1) is 0 Å². The molecule has 0 saturated carbocycles. The molecule has 158 valence electrons. The highest BCUT2D eigenvalue weighted by Crippen LogP contribution is 2.25. The van der Waals surface area contributed by atoms with E-state index in [1.54, 1.807) is 10.6 Å². The second-order valence-corrected chi connectivity index (χ2v) is 9.18. The average molecular weight is 424 g/mol. The lowest BCUT2D eigenvalue weighted by Gasteiger charge is -2.20. The third-order valence-electron chi connectivity index (χ3n) is 5.04. The van der Waals surface area contributed by atoms with Gasteiger partial charge in [0.15, 0.2) is 5.16 Å². The molecule has 3 aromatic rings. The minimum atomic E-state index is -0.359. The maximum atomic E-state index is 12.9. The fraction of sp³-hybridized carbons (Fsp3) is 0.375. The van der Waals surface area contributed by atoms with E-state index in [0.717, 1.165) is 12.8 Å². The van der Waals surface area contributed by atoms with Gasteiger partial charge in [-0.25, -0.2) is 4.98 Å². The summed E-state index contributed by atoms with van der Waals surface area (Å²) in [4.78, 5) is 30.4. The van der Waals surface area contributed by atoms with Crippen LogP contribution in [-0.2, 0) is 11.2 Å². The van der Waals surface area contributed by atoms with E-state index in [4.69, 9.17) is 0 Å². The van der Waals surface area contributed by atoms with E-state index in [9.17, 15) is 9.59 Å². The molecular formula is C24H29N3O2S. The van der Waals surface area contributed by atoms with Crippen molar-refractivity contribution in [3.05, 3.63) is 70.5 Å². The number of carbonyl (C=O) groups excluding carboxylic acids is 1. The number of carbonyl (C=O) groups is 1. The van der Waals surface area contributed by atoms with Crippen LogP contribution in [0.1, 0.15) is 45.7 Å². The molecule has 3 rings (SSSR count). The Bertz CT molecular complexity index is 1060. The fourth-order valence-electron chi connectivity index (χ4n) is 3.34. The van der Waals surface area contributed by atoms with E-state index in [1.165, 1.54) is 17.3 Å². The minimum absolute atomic E-state index is 0.0433. The molecule has 1 N–H and O–H groups in total. The molecule has 0 aliphatic heterocycles. The van der Waals surface area contributed by atoms with Crippen LogP contribution in [-0.4, -0.2) is 26.8 Å². The van der Waals surface area contributed by atoms with Gasteiger partial charge in [-0.2, -0.15) is 0 Å². The average Bonchev–Trinajstić information content (AvgIpc) is 2.72. The van der Waals surface area contributed by atoms with Crippen molar-refractivity contribution in [1.29, 1.82) is 0 Å². The van der Waals surface area contributed by atoms with Gasteiger partial charge in [-0.3, -0.25) is 14.2 Å². The minimum Gasteiger partial charge on any atom is -0.353 e. The molecule has 30 heavy (non-hydrogen) atoms. The number of fused-ring (bicyclic) bond motifs is 1. The Kier molecular flexibility index (Phi) is 7.32. The number of para-hydroxylation sites is 1. The molecule has 2 aromatic carbocycles. The smallest absolute Gasteiger partial charge is 0.262 e. The van der Waals surface area contributed by atoms with E-state index < -0.39 is 0 Å². The summed E-state index contributed by atoms with van der Waals surface area (Å²) in [6.07, 6.45) is 1.79. The number of hydrogen-bond acceptors (Lipinski definition) is 4. The number of hydrogen-bond donors (Lipinski definition) is 1. The van der Waals surface area contributed by atoms with Gasteiger partial charge in [-0.05, 0) is 58.2 Å². The van der Waals surface area contributed by atoms with Crippen molar-refractivity contribution in [3.63, 3.8) is 0 Å². The molecule has 0 bridgehead atoms. The van der Waals surface area contributed by atoms with Crippen LogP contribution in [0.15, 0.2) is 64.5 Å². The van der Waals surface area contributed by atoms with E-state index in [0.29, 0.717) is 16.1 Å². The maximum absolute atomic E-state index is 12.9. The van der Waals surface area contributed by atoms with E-state index in [1.807, 2.05) is 64.1 Å². The number of nitrogens with one attached hydrogen (secondary N) is 1. The van der Waals surface area contributed by atoms with Crippen molar-refractivity contribution in [2.24, 2.45) is 0 Å². The number of aromatic nitrogens is 2. The number of thioether (sulfide) groups is 1. The second-order valence-electron chi connectivity index (χ2n) is 7.87. The van der Waals surface area contributed by atoms with Gasteiger partial charge < -0.3 is 5.32 Å². The molecule has 0 spiro atoms. The first-order valence-electron chi connectivity index (χ1n) is 10.4. The fourth-order valence-corrected chi connectivity index (χ4v) is 4.39. The molecule has 1 heterocycles. The summed E-state index contributed by atoms with van der Waals surface area (Å²) < 4.78 is 1.68. The van der Waals surface area contributed by atoms with E-state index in [2.05, 4.69) is 22.4 Å². The summed E-state index contributed by atoms with van der Waals surface area (Å²) >= 11 is 1.33. The Morgan fingerprint density at radius 3 is 2.40 bits per heavy atom. The van der Waals surface area contributed by atoms with Crippen molar-refractivity contribution in [1.82, 2.24) is 14.9 Å². The summed E-state index contributed by atoms with van der Waals surface area (Å²) in [7, 11) is 0. The van der Waals surface area contributed by atoms with Crippen molar-refractivity contribution in [2.45, 2.75) is 63.0 Å². The Balaban J connectivity index is 1.69. The molecule has 5 nitrogen and oxygen atoms in total. The van der Waals surface area contributed by atoms with Crippen LogP contribution in [0.4, 0.5) is 0 Å². The molecule has 1 aromatic heterocycles. The predicted molar refractivity (Wildman–Crippen MR) is 124 cm³/mol. The van der Waals surface area contributed by atoms with Crippen molar-refractivity contribution < 1.29 is 4.79 Å². The number of amides is 1. The molecule has 2 atom stereocenters. The van der Waals surface area contributed by atoms with Crippen LogP contribution in [0.5, 0.6) is 0 Å². The van der Waals surface area contributed by atoms with Gasteiger partial charge in [0.05, 0.1) is 16.2 Å². The highest BCUT2D eigenvalue weighted by atomic mass is 32.2. The highest BCUT2D eigenvalue weighted by molar-refractivity contribution is 8.00. The third-order valence-corrected chi connectivity index (χ3v) is 6.11. The lowest BCUT2D eigenvalue weighted by molar-refractivity contribution is -0.120. The molecule has 0 radical (unpaired) electrons. The number of rotatable bonds is 8. The molecule has 0 aliphatic carbocycles. The number of aryl methyl sites for hydroxylation is 1. The molecule has 0 unspecified atom stereocenters. The summed E-state index contributed by atoms with van der Waals surface area (Å²) in [6.45, 7) is 7.79. The first-order valence-corrected chi connectivity index (χ1v) is 11.3. The van der Waals surface area contributed by atoms with Gasteiger partial charge in [0.25, 0.3) is 5.56 Å². The Morgan fingerprint density at radius 2 is 1.70 bits per heavy atom. The lowest BCUT2D eigenvalue weighted by atomic mass is 10.1. The Morgan fingerprint density at radius 1 is 1.03 bits per heavy atom. The molecular weight excluding hydrogens is 394 g/mol. The molecule has 0 saturated heterocycles. The van der Waals surface area contributed by atoms with E-state index in [-0.39, 0.29) is 28.8 Å². The summed E-state index contributed by atoms with van der Waals surface area (Å²) in [5.41, 5.74) is 1.86. The Hall–Kier alpha value is -2.60. The van der Waals surface area contributed by atoms with Crippen LogP contribution in [0.25, 0.3) is 10.9 Å². The van der Waals surface area contributed by atoms with Gasteiger partial charge >= 0.3 is 0 Å². The highest BCUT2D eigenvalue weighted by Gasteiger charge is 2.21. The molecule has 6 heteroatoms. The van der Waals surface area contributed by atoms with Crippen LogP contribution in [0.2, 0.25) is 0 Å². The first kappa shape index (κ1) is 22.1. The zero-order valence-electron chi connectivity index (χ0n) is 18.0. The van der Waals surface area contributed by atoms with Crippen molar-refractivity contribution in [2.75, 3.05) is 0 Å². The summed E-state index contributed by atoms with van der Waals surface area (Å²) in [5.74, 6) is -0.0433. The molecule has 0 aliphatic rings. The van der Waals surface area contributed by atoms with Crippen LogP contribution >= 0.6 is 11.8 Å². The normalized spacial score (nSPS) is 13.4. The summed E-state index contributed by atoms with van der Waals surface area (Å²) in [5, 5.41) is 3.91. The quantitative estimate of drug-likeness (QED) is 0.425. The largest absolute Gasteiger partial charge is 0.353 e.